The molecule has 1 aromatic rings. The van der Waals surface area contributed by atoms with Crippen molar-refractivity contribution in [1.82, 2.24) is 4.90 Å². The molecule has 2 unspecified atom stereocenters. The summed E-state index contributed by atoms with van der Waals surface area (Å²) in [6.45, 7) is 3.16. The minimum atomic E-state index is -0.193. The van der Waals surface area contributed by atoms with Gasteiger partial charge in [-0.05, 0) is 43.5 Å². The predicted molar refractivity (Wildman–Crippen MR) is 70.8 cm³/mol. The third-order valence-corrected chi connectivity index (χ3v) is 4.09. The van der Waals surface area contributed by atoms with E-state index in [1.54, 1.807) is 12.1 Å². The second kappa shape index (κ2) is 5.47. The number of fused-ring (bicyclic) bond motifs is 1. The Labute approximate surface area is 113 Å². The predicted octanol–water partition coefficient (Wildman–Crippen LogP) is 1.83. The fourth-order valence-electron chi connectivity index (χ4n) is 3.14. The van der Waals surface area contributed by atoms with Gasteiger partial charge in [-0.1, -0.05) is 0 Å². The van der Waals surface area contributed by atoms with Crippen molar-refractivity contribution in [2.24, 2.45) is 5.92 Å². The van der Waals surface area contributed by atoms with Crippen LogP contribution in [-0.4, -0.2) is 42.4 Å². The lowest BCUT2D eigenvalue weighted by Gasteiger charge is -2.33. The molecule has 2 aliphatic rings. The zero-order valence-corrected chi connectivity index (χ0v) is 11.0. The molecule has 0 saturated carbocycles. The number of aliphatic hydroxyl groups is 1. The molecular weight excluding hydrogens is 245 g/mol. The van der Waals surface area contributed by atoms with Crippen LogP contribution in [-0.2, 0) is 6.42 Å². The Kier molecular flexibility index (Phi) is 3.71. The fraction of sp³-hybridized carbons (Fsp3) is 0.600. The van der Waals surface area contributed by atoms with Crippen molar-refractivity contribution in [2.75, 3.05) is 26.2 Å². The number of ether oxygens (including phenoxy) is 1. The summed E-state index contributed by atoms with van der Waals surface area (Å²) in [4.78, 5) is 2.36. The van der Waals surface area contributed by atoms with Crippen LogP contribution in [0.5, 0.6) is 5.75 Å². The molecule has 0 bridgehead atoms. The van der Waals surface area contributed by atoms with E-state index in [1.165, 1.54) is 6.07 Å². The maximum absolute atomic E-state index is 13.2. The van der Waals surface area contributed by atoms with Gasteiger partial charge >= 0.3 is 0 Å². The summed E-state index contributed by atoms with van der Waals surface area (Å²) in [5, 5.41) is 9.24. The number of hydrogen-bond acceptors (Lipinski definition) is 3. The molecule has 1 fully saturated rings. The van der Waals surface area contributed by atoms with Crippen LogP contribution in [0.25, 0.3) is 0 Å². The highest BCUT2D eigenvalue weighted by Crippen LogP contribution is 2.30. The van der Waals surface area contributed by atoms with Gasteiger partial charge in [0.05, 0.1) is 0 Å². The normalized spacial score (nSPS) is 27.1. The first-order chi connectivity index (χ1) is 9.24. The fourth-order valence-corrected chi connectivity index (χ4v) is 3.14. The van der Waals surface area contributed by atoms with Crippen molar-refractivity contribution in [3.63, 3.8) is 0 Å². The van der Waals surface area contributed by atoms with Gasteiger partial charge in [0.1, 0.15) is 17.7 Å². The lowest BCUT2D eigenvalue weighted by Crippen LogP contribution is -2.42. The monoisotopic (exact) mass is 265 g/mol. The van der Waals surface area contributed by atoms with Crippen LogP contribution in [0.4, 0.5) is 4.39 Å². The van der Waals surface area contributed by atoms with Gasteiger partial charge in [-0.15, -0.1) is 0 Å². The van der Waals surface area contributed by atoms with E-state index in [4.69, 9.17) is 4.74 Å². The van der Waals surface area contributed by atoms with E-state index >= 15 is 0 Å². The molecule has 1 aromatic carbocycles. The third-order valence-electron chi connectivity index (χ3n) is 4.09. The van der Waals surface area contributed by atoms with Gasteiger partial charge in [0.2, 0.25) is 0 Å². The van der Waals surface area contributed by atoms with Crippen LogP contribution in [0.1, 0.15) is 18.4 Å². The van der Waals surface area contributed by atoms with Gasteiger partial charge in [-0.2, -0.15) is 0 Å². The average Bonchev–Trinajstić information content (AvgIpc) is 2.80. The van der Waals surface area contributed by atoms with E-state index in [-0.39, 0.29) is 18.5 Å². The molecule has 3 rings (SSSR count). The van der Waals surface area contributed by atoms with Crippen LogP contribution in [0.15, 0.2) is 18.2 Å². The van der Waals surface area contributed by atoms with E-state index in [0.717, 1.165) is 50.2 Å². The Hall–Kier alpha value is -1.13. The van der Waals surface area contributed by atoms with Gasteiger partial charge in [-0.25, -0.2) is 4.39 Å². The Morgan fingerprint density at radius 1 is 1.42 bits per heavy atom. The molecule has 0 radical (unpaired) electrons. The summed E-state index contributed by atoms with van der Waals surface area (Å²) < 4.78 is 19.0. The van der Waals surface area contributed by atoms with Crippen LogP contribution in [0.2, 0.25) is 0 Å². The van der Waals surface area contributed by atoms with E-state index in [2.05, 4.69) is 4.90 Å². The van der Waals surface area contributed by atoms with Crippen molar-refractivity contribution in [3.8, 4) is 5.75 Å². The molecule has 0 amide bonds. The number of piperidine rings is 1. The molecule has 1 N–H and O–H groups in total. The molecule has 0 aliphatic carbocycles. The van der Waals surface area contributed by atoms with Gasteiger partial charge < -0.3 is 9.84 Å². The molecular formula is C15H20FNO2. The van der Waals surface area contributed by atoms with Crippen LogP contribution in [0.3, 0.4) is 0 Å². The molecule has 104 valence electrons. The van der Waals surface area contributed by atoms with Gasteiger partial charge in [0.25, 0.3) is 0 Å². The Morgan fingerprint density at radius 2 is 2.32 bits per heavy atom. The van der Waals surface area contributed by atoms with Crippen molar-refractivity contribution < 1.29 is 14.2 Å². The number of halogens is 1. The zero-order valence-electron chi connectivity index (χ0n) is 11.0. The summed E-state index contributed by atoms with van der Waals surface area (Å²) in [6, 6.07) is 4.74. The number of aliphatic hydroxyl groups excluding tert-OH is 1. The van der Waals surface area contributed by atoms with Crippen LogP contribution in [0, 0.1) is 11.7 Å². The molecule has 4 heteroatoms. The van der Waals surface area contributed by atoms with Gasteiger partial charge in [0.15, 0.2) is 0 Å². The molecule has 0 spiro atoms. The van der Waals surface area contributed by atoms with E-state index in [0.29, 0.717) is 5.92 Å². The number of likely N-dealkylation sites (tertiary alicyclic amines) is 1. The summed E-state index contributed by atoms with van der Waals surface area (Å²) >= 11 is 0. The van der Waals surface area contributed by atoms with Crippen molar-refractivity contribution in [3.05, 3.63) is 29.6 Å². The van der Waals surface area contributed by atoms with Crippen LogP contribution >= 0.6 is 0 Å². The highest BCUT2D eigenvalue weighted by Gasteiger charge is 2.27. The molecule has 1 saturated heterocycles. The van der Waals surface area contributed by atoms with Crippen molar-refractivity contribution in [1.29, 1.82) is 0 Å². The highest BCUT2D eigenvalue weighted by atomic mass is 19.1. The Morgan fingerprint density at radius 3 is 3.16 bits per heavy atom. The average molecular weight is 265 g/mol. The first-order valence-corrected chi connectivity index (χ1v) is 7.03. The van der Waals surface area contributed by atoms with E-state index in [1.807, 2.05) is 0 Å². The van der Waals surface area contributed by atoms with Crippen molar-refractivity contribution >= 4 is 0 Å². The second-order valence-corrected chi connectivity index (χ2v) is 5.65. The molecule has 2 atom stereocenters. The number of nitrogens with zero attached hydrogens (tertiary/aromatic N) is 1. The van der Waals surface area contributed by atoms with E-state index < -0.39 is 0 Å². The molecule has 2 heterocycles. The minimum Gasteiger partial charge on any atom is -0.488 e. The quantitative estimate of drug-likeness (QED) is 0.905. The summed E-state index contributed by atoms with van der Waals surface area (Å²) in [5.41, 5.74) is 0.973. The molecule has 19 heavy (non-hydrogen) atoms. The topological polar surface area (TPSA) is 32.7 Å². The number of benzene rings is 1. The maximum atomic E-state index is 13.2. The smallest absolute Gasteiger partial charge is 0.123 e. The Bertz CT molecular complexity index is 452. The van der Waals surface area contributed by atoms with Gasteiger partial charge in [-0.3, -0.25) is 4.90 Å². The van der Waals surface area contributed by atoms with Gasteiger partial charge in [0, 0.05) is 31.7 Å². The Balaban J connectivity index is 1.58. The minimum absolute atomic E-state index is 0.120. The SMILES string of the molecule is OCC1CCCN(CC2Cc3cc(F)ccc3O2)C1. The molecule has 0 aromatic heterocycles. The lowest BCUT2D eigenvalue weighted by molar-refractivity contribution is 0.0858. The third kappa shape index (κ3) is 2.90. The lowest BCUT2D eigenvalue weighted by atomic mass is 9.98. The number of rotatable bonds is 3. The van der Waals surface area contributed by atoms with Crippen LogP contribution < -0.4 is 4.74 Å². The molecule has 3 nitrogen and oxygen atoms in total. The summed E-state index contributed by atoms with van der Waals surface area (Å²) in [5.74, 6) is 1.03. The maximum Gasteiger partial charge on any atom is 0.123 e. The van der Waals surface area contributed by atoms with E-state index in [9.17, 15) is 9.50 Å². The highest BCUT2D eigenvalue weighted by molar-refractivity contribution is 5.37. The zero-order chi connectivity index (χ0) is 13.2. The summed E-state index contributed by atoms with van der Waals surface area (Å²) in [6.07, 6.45) is 3.16. The van der Waals surface area contributed by atoms with Crippen molar-refractivity contribution in [2.45, 2.75) is 25.4 Å². The second-order valence-electron chi connectivity index (χ2n) is 5.65. The summed E-state index contributed by atoms with van der Waals surface area (Å²) in [7, 11) is 0. The first kappa shape index (κ1) is 12.9. The standard InChI is InChI=1S/C15H20FNO2/c16-13-3-4-15-12(6-13)7-14(19-15)9-17-5-1-2-11(8-17)10-18/h3-4,6,11,14,18H,1-2,5,7-10H2. The molecule has 2 aliphatic heterocycles. The largest absolute Gasteiger partial charge is 0.488 e. The first-order valence-electron chi connectivity index (χ1n) is 7.03. The number of hydrogen-bond donors (Lipinski definition) is 1.